The second-order valence-electron chi connectivity index (χ2n) is 11.7. The van der Waals surface area contributed by atoms with Crippen LogP contribution in [-0.4, -0.2) is 52.5 Å². The number of hydrogen-bond acceptors (Lipinski definition) is 6. The van der Waals surface area contributed by atoms with E-state index in [1.165, 1.54) is 12.8 Å². The number of aromatic amines is 1. The molecule has 2 aromatic heterocycles. The number of rotatable bonds is 7. The first-order valence-corrected chi connectivity index (χ1v) is 13.9. The van der Waals surface area contributed by atoms with Crippen molar-refractivity contribution in [2.45, 2.75) is 59.3 Å². The number of aromatic nitrogens is 2. The highest BCUT2D eigenvalue weighted by molar-refractivity contribution is 6.35. The zero-order valence-electron chi connectivity index (χ0n) is 24.2. The third kappa shape index (κ3) is 6.35. The predicted octanol–water partition coefficient (Wildman–Crippen LogP) is 5.48. The summed E-state index contributed by atoms with van der Waals surface area (Å²) >= 11 is 0. The first-order valence-electron chi connectivity index (χ1n) is 13.9. The first-order chi connectivity index (χ1) is 19.5. The van der Waals surface area contributed by atoms with Gasteiger partial charge in [-0.2, -0.15) is 0 Å². The molecule has 3 aromatic rings. The number of carbonyl (C=O) groups is 3. The van der Waals surface area contributed by atoms with Crippen molar-refractivity contribution >= 4 is 52.4 Å². The van der Waals surface area contributed by atoms with Gasteiger partial charge in [0.05, 0.1) is 16.9 Å². The maximum Gasteiger partial charge on any atom is 0.324 e. The van der Waals surface area contributed by atoms with Gasteiger partial charge in [-0.1, -0.05) is 32.0 Å². The second kappa shape index (κ2) is 11.2. The molecule has 0 aliphatic carbocycles. The molecule has 0 bridgehead atoms. The number of H-pyrrole nitrogens is 1. The van der Waals surface area contributed by atoms with Crippen molar-refractivity contribution in [2.75, 3.05) is 40.9 Å². The van der Waals surface area contributed by atoms with Gasteiger partial charge in [-0.3, -0.25) is 14.9 Å². The molecule has 1 fully saturated rings. The third-order valence-electron chi connectivity index (χ3n) is 7.43. The van der Waals surface area contributed by atoms with E-state index in [1.807, 2.05) is 34.6 Å². The van der Waals surface area contributed by atoms with Crippen molar-refractivity contribution in [2.24, 2.45) is 0 Å². The molecule has 2 aliphatic heterocycles. The van der Waals surface area contributed by atoms with Crippen molar-refractivity contribution in [1.29, 1.82) is 0 Å². The number of hydrogen-bond donors (Lipinski definition) is 5. The van der Waals surface area contributed by atoms with E-state index >= 15 is 0 Å². The Morgan fingerprint density at radius 2 is 1.85 bits per heavy atom. The Hall–Kier alpha value is -4.38. The van der Waals surface area contributed by atoms with Crippen LogP contribution in [0.2, 0.25) is 0 Å². The van der Waals surface area contributed by atoms with Crippen LogP contribution in [-0.2, 0) is 15.0 Å². The van der Waals surface area contributed by atoms with Crippen LogP contribution in [0.25, 0.3) is 11.6 Å². The van der Waals surface area contributed by atoms with Gasteiger partial charge in [-0.15, -0.1) is 0 Å². The van der Waals surface area contributed by atoms with E-state index in [4.69, 9.17) is 4.52 Å². The number of amides is 4. The van der Waals surface area contributed by atoms with Gasteiger partial charge in [-0.05, 0) is 63.6 Å². The van der Waals surface area contributed by atoms with Crippen molar-refractivity contribution < 1.29 is 18.9 Å². The van der Waals surface area contributed by atoms with Crippen molar-refractivity contribution in [3.8, 4) is 0 Å². The minimum absolute atomic E-state index is 0.0208. The van der Waals surface area contributed by atoms with Gasteiger partial charge in [0, 0.05) is 47.1 Å². The molecule has 11 nitrogen and oxygen atoms in total. The second-order valence-corrected chi connectivity index (χ2v) is 11.7. The molecule has 0 saturated carbocycles. The number of benzene rings is 1. The van der Waals surface area contributed by atoms with Crippen LogP contribution in [0.15, 0.2) is 28.8 Å². The summed E-state index contributed by atoms with van der Waals surface area (Å²) in [5, 5.41) is 15.2. The smallest absolute Gasteiger partial charge is 0.324 e. The third-order valence-corrected chi connectivity index (χ3v) is 7.43. The molecule has 0 atom stereocenters. The lowest BCUT2D eigenvalue weighted by molar-refractivity contribution is -0.116. The number of anilines is 4. The summed E-state index contributed by atoms with van der Waals surface area (Å²) in [4.78, 5) is 43.7. The van der Waals surface area contributed by atoms with E-state index in [9.17, 15) is 14.4 Å². The summed E-state index contributed by atoms with van der Waals surface area (Å²) in [6, 6.07) is 6.43. The average molecular weight is 560 g/mol. The molecule has 0 radical (unpaired) electrons. The van der Waals surface area contributed by atoms with Gasteiger partial charge >= 0.3 is 6.03 Å². The van der Waals surface area contributed by atoms with E-state index < -0.39 is 6.03 Å². The molecular formula is C30H37N7O4. The van der Waals surface area contributed by atoms with Gasteiger partial charge in [0.2, 0.25) is 5.91 Å². The van der Waals surface area contributed by atoms with Crippen LogP contribution in [0, 0.1) is 13.8 Å². The normalized spacial score (nSPS) is 16.1. The monoisotopic (exact) mass is 559 g/mol. The average Bonchev–Trinajstić information content (AvgIpc) is 3.69. The summed E-state index contributed by atoms with van der Waals surface area (Å²) in [5.41, 5.74) is 5.26. The molecule has 41 heavy (non-hydrogen) atoms. The largest absolute Gasteiger partial charge is 0.359 e. The zero-order chi connectivity index (χ0) is 29.3. The fraction of sp³-hybridized carbons (Fsp3) is 0.400. The SMILES string of the molecule is Cc1[nH]c(C=C2C(=O)Nc3cc(NC(=O)Nc4cc(C(C)(C)C)on4)ccc32)c(C)c1NC(=O)CCN1CCCC1. The number of urea groups is 1. The molecule has 4 amide bonds. The Balaban J connectivity index is 1.26. The molecule has 2 aliphatic rings. The molecule has 0 spiro atoms. The topological polar surface area (TPSA) is 144 Å². The number of aryl methyl sites for hydroxylation is 1. The van der Waals surface area contributed by atoms with Crippen LogP contribution < -0.4 is 21.3 Å². The molecule has 11 heteroatoms. The van der Waals surface area contributed by atoms with E-state index in [0.717, 1.165) is 47.8 Å². The molecule has 1 saturated heterocycles. The molecular weight excluding hydrogens is 522 g/mol. The number of nitrogens with zero attached hydrogens (tertiary/aromatic N) is 2. The van der Waals surface area contributed by atoms with Gasteiger partial charge in [0.25, 0.3) is 5.91 Å². The van der Waals surface area contributed by atoms with Crippen LogP contribution in [0.1, 0.15) is 68.3 Å². The van der Waals surface area contributed by atoms with Gasteiger partial charge in [0.1, 0.15) is 5.76 Å². The summed E-state index contributed by atoms with van der Waals surface area (Å²) in [5.74, 6) is 0.701. The summed E-state index contributed by atoms with van der Waals surface area (Å²) in [6.07, 6.45) is 4.63. The highest BCUT2D eigenvalue weighted by Gasteiger charge is 2.26. The van der Waals surface area contributed by atoms with Crippen LogP contribution in [0.5, 0.6) is 0 Å². The predicted molar refractivity (Wildman–Crippen MR) is 160 cm³/mol. The van der Waals surface area contributed by atoms with Gasteiger partial charge in [0.15, 0.2) is 5.82 Å². The highest BCUT2D eigenvalue weighted by atomic mass is 16.5. The minimum atomic E-state index is -0.480. The van der Waals surface area contributed by atoms with Gasteiger partial charge in [-0.25, -0.2) is 4.79 Å². The Kier molecular flexibility index (Phi) is 7.72. The number of likely N-dealkylation sites (tertiary alicyclic amines) is 1. The fourth-order valence-electron chi connectivity index (χ4n) is 5.10. The Labute approximate surface area is 239 Å². The maximum absolute atomic E-state index is 12.9. The summed E-state index contributed by atoms with van der Waals surface area (Å²) < 4.78 is 5.31. The Morgan fingerprint density at radius 3 is 2.56 bits per heavy atom. The molecule has 216 valence electrons. The van der Waals surface area contributed by atoms with Crippen LogP contribution >= 0.6 is 0 Å². The van der Waals surface area contributed by atoms with Crippen LogP contribution in [0.3, 0.4) is 0 Å². The molecule has 5 N–H and O–H groups in total. The van der Waals surface area contributed by atoms with E-state index in [1.54, 1.807) is 30.3 Å². The fourth-order valence-corrected chi connectivity index (χ4v) is 5.10. The highest BCUT2D eigenvalue weighted by Crippen LogP contribution is 2.36. The summed E-state index contributed by atoms with van der Waals surface area (Å²) in [6.45, 7) is 12.7. The molecule has 1 aromatic carbocycles. The standard InChI is InChI=1S/C30H37N7O4/c1-17-22(31-18(2)27(17)35-26(38)10-13-37-11-6-7-12-37)15-21-20-9-8-19(14-23(20)33-28(21)39)32-29(40)34-25-16-24(41-36-25)30(3,4)5/h8-9,14-16,31H,6-7,10-13H2,1-5H3,(H,33,39)(H,35,38)(H2,32,34,36,40). The zero-order valence-corrected chi connectivity index (χ0v) is 24.2. The van der Waals surface area contributed by atoms with E-state index in [0.29, 0.717) is 34.9 Å². The van der Waals surface area contributed by atoms with E-state index in [-0.39, 0.29) is 17.2 Å². The minimum Gasteiger partial charge on any atom is -0.359 e. The molecule has 5 rings (SSSR count). The Bertz CT molecular complexity index is 1520. The van der Waals surface area contributed by atoms with Crippen molar-refractivity contribution in [1.82, 2.24) is 15.0 Å². The Morgan fingerprint density at radius 1 is 1.10 bits per heavy atom. The lowest BCUT2D eigenvalue weighted by Crippen LogP contribution is -2.25. The number of nitrogens with one attached hydrogen (secondary N) is 5. The molecule has 4 heterocycles. The summed E-state index contributed by atoms with van der Waals surface area (Å²) in [7, 11) is 0. The van der Waals surface area contributed by atoms with Crippen molar-refractivity contribution in [3.05, 3.63) is 52.5 Å². The van der Waals surface area contributed by atoms with Crippen molar-refractivity contribution in [3.63, 3.8) is 0 Å². The number of fused-ring (bicyclic) bond motifs is 1. The molecule has 0 unspecified atom stereocenters. The quantitative estimate of drug-likeness (QED) is 0.243. The van der Waals surface area contributed by atoms with Crippen LogP contribution in [0.4, 0.5) is 27.7 Å². The maximum atomic E-state index is 12.9. The lowest BCUT2D eigenvalue weighted by atomic mass is 9.93. The van der Waals surface area contributed by atoms with Gasteiger partial charge < -0.3 is 30.4 Å². The number of carbonyl (C=O) groups excluding carboxylic acids is 3. The lowest BCUT2D eigenvalue weighted by Gasteiger charge is -2.14. The van der Waals surface area contributed by atoms with E-state index in [2.05, 4.69) is 36.3 Å². The first kappa shape index (κ1) is 28.2.